The summed E-state index contributed by atoms with van der Waals surface area (Å²) in [4.78, 5) is 12.9. The third-order valence-corrected chi connectivity index (χ3v) is 3.61. The Kier molecular flexibility index (Phi) is 5.17. The molecule has 0 spiro atoms. The maximum absolute atomic E-state index is 10.5. The molecule has 1 N–H and O–H groups in total. The third-order valence-electron chi connectivity index (χ3n) is 3.61. The maximum Gasteiger partial charge on any atom is 0.328 e. The van der Waals surface area contributed by atoms with Gasteiger partial charge in [0, 0.05) is 32.0 Å². The zero-order valence-electron chi connectivity index (χ0n) is 12.5. The lowest BCUT2D eigenvalue weighted by Crippen LogP contribution is -2.29. The predicted octanol–water partition coefficient (Wildman–Crippen LogP) is 2.88. The molecule has 1 aliphatic heterocycles. The molecule has 0 saturated carbocycles. The van der Waals surface area contributed by atoms with Crippen molar-refractivity contribution in [3.63, 3.8) is 0 Å². The van der Waals surface area contributed by atoms with Crippen molar-refractivity contribution < 1.29 is 14.6 Å². The van der Waals surface area contributed by atoms with E-state index in [2.05, 4.69) is 24.0 Å². The molecule has 0 atom stereocenters. The van der Waals surface area contributed by atoms with Gasteiger partial charge in [0.15, 0.2) is 0 Å². The van der Waals surface area contributed by atoms with Gasteiger partial charge in [0.1, 0.15) is 0 Å². The molecule has 1 aliphatic rings. The number of carboxylic acids is 1. The zero-order valence-corrected chi connectivity index (χ0v) is 12.5. The van der Waals surface area contributed by atoms with Gasteiger partial charge >= 0.3 is 5.97 Å². The number of aliphatic carboxylic acids is 1. The number of hydrogen-bond donors (Lipinski definition) is 1. The highest BCUT2D eigenvalue weighted by Crippen LogP contribution is 2.25. The van der Waals surface area contributed by atoms with Gasteiger partial charge < -0.3 is 14.7 Å². The molecule has 2 rings (SSSR count). The lowest BCUT2D eigenvalue weighted by Gasteiger charge is -2.29. The first-order valence-corrected chi connectivity index (χ1v) is 7.03. The molecule has 0 saturated heterocycles. The Morgan fingerprint density at radius 2 is 2.29 bits per heavy atom. The van der Waals surface area contributed by atoms with Crippen molar-refractivity contribution >= 4 is 17.7 Å². The van der Waals surface area contributed by atoms with Gasteiger partial charge in [0.2, 0.25) is 0 Å². The minimum absolute atomic E-state index is 0.714. The molecular formula is C17H21NO3. The summed E-state index contributed by atoms with van der Waals surface area (Å²) in [6, 6.07) is 6.03. The zero-order chi connectivity index (χ0) is 15.2. The number of rotatable bonds is 5. The molecule has 0 aromatic heterocycles. The molecule has 0 aliphatic carbocycles. The molecule has 0 amide bonds. The molecule has 112 valence electrons. The van der Waals surface area contributed by atoms with E-state index in [9.17, 15) is 4.79 Å². The number of ether oxygens (including phenoxy) is 1. The fraction of sp³-hybridized carbons (Fsp3) is 0.353. The Hall–Kier alpha value is -2.07. The molecule has 0 bridgehead atoms. The van der Waals surface area contributed by atoms with Crippen LogP contribution in [-0.4, -0.2) is 37.9 Å². The van der Waals surface area contributed by atoms with Gasteiger partial charge in [-0.2, -0.15) is 0 Å². The van der Waals surface area contributed by atoms with Crippen LogP contribution in [0.5, 0.6) is 0 Å². The number of methoxy groups -OCH3 is 1. The number of nitrogens with zero attached hydrogens (tertiary/aromatic N) is 1. The van der Waals surface area contributed by atoms with Crippen molar-refractivity contribution in [2.24, 2.45) is 0 Å². The fourth-order valence-corrected chi connectivity index (χ4v) is 2.55. The molecule has 0 unspecified atom stereocenters. The summed E-state index contributed by atoms with van der Waals surface area (Å²) >= 11 is 0. The number of hydrogen-bond acceptors (Lipinski definition) is 3. The summed E-state index contributed by atoms with van der Waals surface area (Å²) in [5.74, 6) is -0.927. The topological polar surface area (TPSA) is 49.8 Å². The fourth-order valence-electron chi connectivity index (χ4n) is 2.55. The van der Waals surface area contributed by atoms with E-state index in [1.807, 2.05) is 12.1 Å². The number of carboxylic acid groups (broad SMARTS) is 1. The number of benzene rings is 1. The molecule has 1 aromatic carbocycles. The lowest BCUT2D eigenvalue weighted by atomic mass is 10.0. The summed E-state index contributed by atoms with van der Waals surface area (Å²) < 4.78 is 5.17. The Labute approximate surface area is 125 Å². The van der Waals surface area contributed by atoms with E-state index in [0.717, 1.165) is 36.7 Å². The van der Waals surface area contributed by atoms with E-state index < -0.39 is 5.97 Å². The van der Waals surface area contributed by atoms with Gasteiger partial charge in [-0.25, -0.2) is 4.79 Å². The highest BCUT2D eigenvalue weighted by molar-refractivity contribution is 5.85. The third kappa shape index (κ3) is 4.20. The first-order chi connectivity index (χ1) is 10.1. The second-order valence-corrected chi connectivity index (χ2v) is 5.21. The molecule has 0 fully saturated rings. The molecule has 0 radical (unpaired) electrons. The molecular weight excluding hydrogens is 266 g/mol. The van der Waals surface area contributed by atoms with E-state index in [0.29, 0.717) is 6.61 Å². The largest absolute Gasteiger partial charge is 0.478 e. The van der Waals surface area contributed by atoms with Crippen LogP contribution in [0, 0.1) is 6.92 Å². The molecule has 4 heteroatoms. The van der Waals surface area contributed by atoms with E-state index in [1.54, 1.807) is 13.2 Å². The predicted molar refractivity (Wildman–Crippen MR) is 84.6 cm³/mol. The first-order valence-electron chi connectivity index (χ1n) is 7.03. The highest BCUT2D eigenvalue weighted by Gasteiger charge is 2.13. The maximum atomic E-state index is 10.5. The van der Waals surface area contributed by atoms with Crippen LogP contribution >= 0.6 is 0 Å². The van der Waals surface area contributed by atoms with Gasteiger partial charge in [0.25, 0.3) is 0 Å². The molecule has 1 aromatic rings. The highest BCUT2D eigenvalue weighted by atomic mass is 16.5. The molecule has 4 nitrogen and oxygen atoms in total. The normalized spacial score (nSPS) is 15.3. The minimum Gasteiger partial charge on any atom is -0.478 e. The van der Waals surface area contributed by atoms with Crippen LogP contribution in [-0.2, 0) is 9.53 Å². The standard InChI is InChI=1S/C17H21NO3/c1-13-11-14(4-6-17(19)20)3-5-16(13)18-9-7-15(8-10-18)12-21-2/h3-7,11H,8-10,12H2,1-2H3,(H,19,20)/b6-4+. The van der Waals surface area contributed by atoms with Gasteiger partial charge in [-0.15, -0.1) is 0 Å². The second kappa shape index (κ2) is 7.09. The van der Waals surface area contributed by atoms with Crippen LogP contribution in [0.1, 0.15) is 17.5 Å². The van der Waals surface area contributed by atoms with E-state index in [1.165, 1.54) is 11.3 Å². The molecule has 1 heterocycles. The summed E-state index contributed by atoms with van der Waals surface area (Å²) in [5, 5.41) is 8.66. The summed E-state index contributed by atoms with van der Waals surface area (Å²) in [6.07, 6.45) is 6.03. The monoisotopic (exact) mass is 287 g/mol. The minimum atomic E-state index is -0.927. The Bertz CT molecular complexity index is 575. The van der Waals surface area contributed by atoms with E-state index in [-0.39, 0.29) is 0 Å². The van der Waals surface area contributed by atoms with Crippen molar-refractivity contribution in [1.82, 2.24) is 0 Å². The van der Waals surface area contributed by atoms with Crippen molar-refractivity contribution in [2.75, 3.05) is 31.7 Å². The van der Waals surface area contributed by atoms with Gasteiger partial charge in [-0.05, 0) is 48.3 Å². The van der Waals surface area contributed by atoms with Crippen LogP contribution < -0.4 is 4.90 Å². The van der Waals surface area contributed by atoms with Crippen LogP contribution in [0.25, 0.3) is 6.08 Å². The lowest BCUT2D eigenvalue weighted by molar-refractivity contribution is -0.131. The SMILES string of the molecule is COCC1=CCN(c2ccc(/C=C/C(=O)O)cc2C)CC1. The van der Waals surface area contributed by atoms with Crippen molar-refractivity contribution in [1.29, 1.82) is 0 Å². The van der Waals surface area contributed by atoms with Gasteiger partial charge in [-0.3, -0.25) is 0 Å². The number of aryl methyl sites for hydroxylation is 1. The summed E-state index contributed by atoms with van der Waals surface area (Å²) in [7, 11) is 1.72. The summed E-state index contributed by atoms with van der Waals surface area (Å²) in [5.41, 5.74) is 4.63. The van der Waals surface area contributed by atoms with Crippen LogP contribution in [0.15, 0.2) is 35.9 Å². The van der Waals surface area contributed by atoms with Crippen LogP contribution in [0.4, 0.5) is 5.69 Å². The average Bonchev–Trinajstić information content (AvgIpc) is 2.47. The number of carbonyl (C=O) groups is 1. The van der Waals surface area contributed by atoms with Crippen molar-refractivity contribution in [3.05, 3.63) is 47.1 Å². The van der Waals surface area contributed by atoms with Crippen molar-refractivity contribution in [3.8, 4) is 0 Å². The quantitative estimate of drug-likeness (QED) is 0.668. The average molecular weight is 287 g/mol. The second-order valence-electron chi connectivity index (χ2n) is 5.21. The number of anilines is 1. The molecule has 21 heavy (non-hydrogen) atoms. The van der Waals surface area contributed by atoms with Crippen LogP contribution in [0.3, 0.4) is 0 Å². The van der Waals surface area contributed by atoms with E-state index >= 15 is 0 Å². The van der Waals surface area contributed by atoms with Crippen LogP contribution in [0.2, 0.25) is 0 Å². The van der Waals surface area contributed by atoms with E-state index in [4.69, 9.17) is 9.84 Å². The Morgan fingerprint density at radius 1 is 1.48 bits per heavy atom. The first kappa shape index (κ1) is 15.3. The Balaban J connectivity index is 2.10. The van der Waals surface area contributed by atoms with Crippen molar-refractivity contribution in [2.45, 2.75) is 13.3 Å². The van der Waals surface area contributed by atoms with Gasteiger partial charge in [-0.1, -0.05) is 12.1 Å². The summed E-state index contributed by atoms with van der Waals surface area (Å²) in [6.45, 7) is 4.65. The van der Waals surface area contributed by atoms with Gasteiger partial charge in [0.05, 0.1) is 6.61 Å². The Morgan fingerprint density at radius 3 is 2.86 bits per heavy atom. The smallest absolute Gasteiger partial charge is 0.328 e.